The van der Waals surface area contributed by atoms with Crippen LogP contribution in [0.2, 0.25) is 20.1 Å². The van der Waals surface area contributed by atoms with Crippen molar-refractivity contribution in [1.29, 1.82) is 5.26 Å². The lowest BCUT2D eigenvalue weighted by molar-refractivity contribution is 0.589. The molecule has 1 aromatic carbocycles. The van der Waals surface area contributed by atoms with Crippen molar-refractivity contribution < 1.29 is 8.42 Å². The number of halogens is 4. The molecule has 0 radical (unpaired) electrons. The minimum atomic E-state index is -3.71. The Balaban J connectivity index is 3.28. The summed E-state index contributed by atoms with van der Waals surface area (Å²) in [6, 6.07) is 1.76. The number of rotatable bonds is 6. The topological polar surface area (TPSA) is 57.9 Å². The molecule has 116 valence electrons. The number of unbranched alkanes of at least 4 members (excludes halogenated alkanes) is 3. The maximum Gasteiger partial charge on any atom is 0.181 e. The first-order valence-electron chi connectivity index (χ1n) is 6.26. The molecule has 0 aliphatic carbocycles. The zero-order valence-corrected chi connectivity index (χ0v) is 15.1. The molecule has 0 saturated carbocycles. The average Bonchev–Trinajstić information content (AvgIpc) is 2.42. The fraction of sp³-hybridized carbons (Fsp3) is 0.462. The molecule has 0 N–H and O–H groups in total. The summed E-state index contributed by atoms with van der Waals surface area (Å²) in [4.78, 5) is -0.295. The van der Waals surface area contributed by atoms with E-state index < -0.39 is 9.84 Å². The Bertz CT molecular complexity index is 651. The van der Waals surface area contributed by atoms with Gasteiger partial charge in [0.25, 0.3) is 0 Å². The van der Waals surface area contributed by atoms with Gasteiger partial charge in [-0.2, -0.15) is 5.26 Å². The highest BCUT2D eigenvalue weighted by Gasteiger charge is 2.28. The number of benzene rings is 1. The highest BCUT2D eigenvalue weighted by molar-refractivity contribution is 7.91. The van der Waals surface area contributed by atoms with Crippen LogP contribution in [-0.4, -0.2) is 14.2 Å². The van der Waals surface area contributed by atoms with Crippen LogP contribution >= 0.6 is 46.4 Å². The Hall–Kier alpha value is -0.180. The molecule has 8 heteroatoms. The third-order valence-electron chi connectivity index (χ3n) is 2.91. The molecular formula is C13H13Cl4NO2S. The maximum absolute atomic E-state index is 12.4. The Morgan fingerprint density at radius 1 is 0.952 bits per heavy atom. The van der Waals surface area contributed by atoms with E-state index in [0.29, 0.717) is 6.42 Å². The van der Waals surface area contributed by atoms with Crippen molar-refractivity contribution in [2.45, 2.75) is 37.5 Å². The van der Waals surface area contributed by atoms with Gasteiger partial charge in [-0.3, -0.25) is 0 Å². The summed E-state index contributed by atoms with van der Waals surface area (Å²) in [6.45, 7) is 2.03. The molecule has 0 aromatic heterocycles. The van der Waals surface area contributed by atoms with E-state index in [0.717, 1.165) is 19.3 Å². The van der Waals surface area contributed by atoms with Gasteiger partial charge in [-0.25, -0.2) is 8.42 Å². The molecule has 0 aliphatic heterocycles. The van der Waals surface area contributed by atoms with E-state index in [1.165, 1.54) is 0 Å². The van der Waals surface area contributed by atoms with Gasteiger partial charge in [-0.1, -0.05) is 72.6 Å². The van der Waals surface area contributed by atoms with Gasteiger partial charge < -0.3 is 0 Å². The lowest BCUT2D eigenvalue weighted by Crippen LogP contribution is -2.09. The van der Waals surface area contributed by atoms with E-state index in [2.05, 4.69) is 0 Å². The molecule has 21 heavy (non-hydrogen) atoms. The van der Waals surface area contributed by atoms with Crippen molar-refractivity contribution in [2.24, 2.45) is 0 Å². The van der Waals surface area contributed by atoms with Gasteiger partial charge in [0.05, 0.1) is 31.4 Å². The number of hydrogen-bond donors (Lipinski definition) is 0. The van der Waals surface area contributed by atoms with Crippen molar-refractivity contribution >= 4 is 56.2 Å². The average molecular weight is 389 g/mol. The van der Waals surface area contributed by atoms with Crippen LogP contribution in [0.5, 0.6) is 0 Å². The van der Waals surface area contributed by atoms with Crippen LogP contribution in [-0.2, 0) is 9.84 Å². The monoisotopic (exact) mass is 387 g/mol. The SMILES string of the molecule is CCCCCCS(=O)(=O)c1c(Cl)c(Cl)c(C#N)c(Cl)c1Cl. The summed E-state index contributed by atoms with van der Waals surface area (Å²) < 4.78 is 24.7. The summed E-state index contributed by atoms with van der Waals surface area (Å²) in [5.41, 5.74) is -0.127. The second-order valence-corrected chi connectivity index (χ2v) is 8.01. The van der Waals surface area contributed by atoms with Gasteiger partial charge in [0, 0.05) is 0 Å². The predicted octanol–water partition coefficient (Wildman–Crippen LogP) is 5.53. The fourth-order valence-corrected chi connectivity index (χ4v) is 5.10. The Morgan fingerprint density at radius 3 is 1.90 bits per heavy atom. The second-order valence-electron chi connectivity index (χ2n) is 4.45. The van der Waals surface area contributed by atoms with Crippen LogP contribution in [0.25, 0.3) is 0 Å². The Morgan fingerprint density at radius 2 is 1.48 bits per heavy atom. The molecule has 0 saturated heterocycles. The minimum absolute atomic E-state index is 0.0923. The molecule has 0 aliphatic rings. The molecule has 0 atom stereocenters. The summed E-state index contributed by atoms with van der Waals surface area (Å²) in [6.07, 6.45) is 3.24. The molecule has 0 heterocycles. The molecule has 1 aromatic rings. The number of nitriles is 1. The van der Waals surface area contributed by atoms with E-state index in [1.807, 2.05) is 6.92 Å². The largest absolute Gasteiger partial charge is 0.224 e. The van der Waals surface area contributed by atoms with Crippen LogP contribution in [0, 0.1) is 11.3 Å². The van der Waals surface area contributed by atoms with Gasteiger partial charge in [-0.15, -0.1) is 0 Å². The van der Waals surface area contributed by atoms with Crippen LogP contribution in [0.1, 0.15) is 38.2 Å². The Labute approximate surface area is 144 Å². The maximum atomic E-state index is 12.4. The first-order valence-corrected chi connectivity index (χ1v) is 9.43. The molecular weight excluding hydrogens is 376 g/mol. The van der Waals surface area contributed by atoms with Crippen LogP contribution < -0.4 is 0 Å². The van der Waals surface area contributed by atoms with Gasteiger partial charge >= 0.3 is 0 Å². The summed E-state index contributed by atoms with van der Waals surface area (Å²) in [5.74, 6) is -0.0923. The van der Waals surface area contributed by atoms with Crippen molar-refractivity contribution in [3.05, 3.63) is 25.7 Å². The number of nitrogens with zero attached hydrogens (tertiary/aromatic N) is 1. The van der Waals surface area contributed by atoms with Crippen molar-refractivity contribution in [3.63, 3.8) is 0 Å². The molecule has 0 bridgehead atoms. The molecule has 1 rings (SSSR count). The van der Waals surface area contributed by atoms with Gasteiger partial charge in [0.15, 0.2) is 9.84 Å². The second kappa shape index (κ2) is 7.89. The molecule has 0 amide bonds. The third-order valence-corrected chi connectivity index (χ3v) is 6.70. The van der Waals surface area contributed by atoms with Crippen molar-refractivity contribution in [3.8, 4) is 6.07 Å². The van der Waals surface area contributed by atoms with E-state index in [-0.39, 0.29) is 36.3 Å². The lowest BCUT2D eigenvalue weighted by Gasteiger charge is -2.12. The molecule has 0 unspecified atom stereocenters. The van der Waals surface area contributed by atoms with Crippen molar-refractivity contribution in [2.75, 3.05) is 5.75 Å². The zero-order valence-electron chi connectivity index (χ0n) is 11.2. The van der Waals surface area contributed by atoms with Gasteiger partial charge in [0.2, 0.25) is 0 Å². The standard InChI is InChI=1S/C13H13Cl4NO2S/c1-2-3-4-5-6-21(19,20)13-11(16)9(14)8(7-18)10(15)12(13)17/h2-6H2,1H3. The van der Waals surface area contributed by atoms with E-state index in [9.17, 15) is 8.42 Å². The first kappa shape index (κ1) is 18.9. The number of hydrogen-bond acceptors (Lipinski definition) is 3. The molecule has 0 spiro atoms. The lowest BCUT2D eigenvalue weighted by atomic mass is 10.2. The molecule has 3 nitrogen and oxygen atoms in total. The predicted molar refractivity (Wildman–Crippen MR) is 87.4 cm³/mol. The van der Waals surface area contributed by atoms with Gasteiger partial charge in [-0.05, 0) is 6.42 Å². The summed E-state index contributed by atoms with van der Waals surface area (Å²) in [7, 11) is -3.71. The van der Waals surface area contributed by atoms with Crippen molar-refractivity contribution in [1.82, 2.24) is 0 Å². The van der Waals surface area contributed by atoms with E-state index in [1.54, 1.807) is 6.07 Å². The third kappa shape index (κ3) is 4.18. The Kier molecular flexibility index (Phi) is 7.09. The van der Waals surface area contributed by atoms with Crippen LogP contribution in [0.4, 0.5) is 0 Å². The summed E-state index contributed by atoms with van der Waals surface area (Å²) in [5, 5.41) is 8.07. The highest BCUT2D eigenvalue weighted by Crippen LogP contribution is 2.43. The highest BCUT2D eigenvalue weighted by atomic mass is 35.5. The normalized spacial score (nSPS) is 11.4. The number of sulfone groups is 1. The first-order chi connectivity index (χ1) is 9.77. The smallest absolute Gasteiger partial charge is 0.181 e. The van der Waals surface area contributed by atoms with Crippen LogP contribution in [0.15, 0.2) is 4.90 Å². The van der Waals surface area contributed by atoms with Gasteiger partial charge in [0.1, 0.15) is 11.0 Å². The summed E-state index contributed by atoms with van der Waals surface area (Å²) >= 11 is 23.8. The fourth-order valence-electron chi connectivity index (χ4n) is 1.80. The van der Waals surface area contributed by atoms with E-state index >= 15 is 0 Å². The van der Waals surface area contributed by atoms with Crippen LogP contribution in [0.3, 0.4) is 0 Å². The quantitative estimate of drug-likeness (QED) is 0.475. The van der Waals surface area contributed by atoms with E-state index in [4.69, 9.17) is 51.7 Å². The molecule has 0 fully saturated rings. The minimum Gasteiger partial charge on any atom is -0.224 e. The zero-order chi connectivity index (χ0) is 16.2.